The molecule has 0 radical (unpaired) electrons. The summed E-state index contributed by atoms with van der Waals surface area (Å²) in [4.78, 5) is 22.9. The topological polar surface area (TPSA) is 84.9 Å². The van der Waals surface area contributed by atoms with Gasteiger partial charge in [0.15, 0.2) is 6.61 Å². The van der Waals surface area contributed by atoms with Gasteiger partial charge in [0.2, 0.25) is 0 Å². The van der Waals surface area contributed by atoms with E-state index in [1.807, 2.05) is 6.92 Å². The molecular weight excluding hydrogens is 274 g/mol. The lowest BCUT2D eigenvalue weighted by Gasteiger charge is -2.24. The number of hydrogen-bond acceptors (Lipinski definition) is 4. The molecule has 0 saturated heterocycles. The molecule has 0 heterocycles. The second-order valence-corrected chi connectivity index (χ2v) is 4.96. The lowest BCUT2D eigenvalue weighted by molar-refractivity contribution is -0.147. The molecule has 0 fully saturated rings. The first-order valence-corrected chi connectivity index (χ1v) is 6.64. The summed E-state index contributed by atoms with van der Waals surface area (Å²) in [6.45, 7) is 4.78. The highest BCUT2D eigenvalue weighted by Gasteiger charge is 2.32. The SMILES string of the molecule is CCC(C)(NC(=O)COc1ccc(OC)c(C)c1)C(=O)O. The predicted octanol–water partition coefficient (Wildman–Crippen LogP) is 1.75. The van der Waals surface area contributed by atoms with Crippen molar-refractivity contribution in [2.45, 2.75) is 32.7 Å². The molecule has 1 atom stereocenters. The van der Waals surface area contributed by atoms with Crippen molar-refractivity contribution in [3.05, 3.63) is 23.8 Å². The molecule has 0 spiro atoms. The van der Waals surface area contributed by atoms with E-state index < -0.39 is 17.4 Å². The maximum absolute atomic E-state index is 11.8. The molecule has 0 bridgehead atoms. The summed E-state index contributed by atoms with van der Waals surface area (Å²) in [5.41, 5.74) is -0.393. The van der Waals surface area contributed by atoms with E-state index in [-0.39, 0.29) is 13.0 Å². The first-order chi connectivity index (χ1) is 9.82. The molecule has 1 aromatic carbocycles. The average Bonchev–Trinajstić information content (AvgIpc) is 2.44. The Kier molecular flexibility index (Phi) is 5.58. The molecule has 0 aliphatic heterocycles. The molecule has 6 nitrogen and oxygen atoms in total. The van der Waals surface area contributed by atoms with Crippen LogP contribution >= 0.6 is 0 Å². The van der Waals surface area contributed by atoms with Crippen LogP contribution in [-0.4, -0.2) is 36.2 Å². The number of aryl methyl sites for hydroxylation is 1. The quantitative estimate of drug-likeness (QED) is 0.800. The standard InChI is InChI=1S/C15H21NO5/c1-5-15(3,14(18)19)16-13(17)9-21-11-6-7-12(20-4)10(2)8-11/h6-8H,5,9H2,1-4H3,(H,16,17)(H,18,19). The molecule has 1 rings (SSSR count). The van der Waals surface area contributed by atoms with E-state index in [1.165, 1.54) is 6.92 Å². The van der Waals surface area contributed by atoms with Gasteiger partial charge in [-0.25, -0.2) is 4.79 Å². The Balaban J connectivity index is 2.61. The van der Waals surface area contributed by atoms with Crippen LogP contribution in [0.4, 0.5) is 0 Å². The first-order valence-electron chi connectivity index (χ1n) is 6.64. The number of hydrogen-bond donors (Lipinski definition) is 2. The second-order valence-electron chi connectivity index (χ2n) is 4.96. The average molecular weight is 295 g/mol. The molecule has 0 saturated carbocycles. The van der Waals surface area contributed by atoms with E-state index in [1.54, 1.807) is 32.2 Å². The number of ether oxygens (including phenoxy) is 2. The number of carboxylic acid groups (broad SMARTS) is 1. The highest BCUT2D eigenvalue weighted by atomic mass is 16.5. The monoisotopic (exact) mass is 295 g/mol. The van der Waals surface area contributed by atoms with E-state index in [2.05, 4.69) is 5.32 Å². The largest absolute Gasteiger partial charge is 0.496 e. The Hall–Kier alpha value is -2.24. The molecule has 2 N–H and O–H groups in total. The Labute approximate surface area is 124 Å². The summed E-state index contributed by atoms with van der Waals surface area (Å²) in [6, 6.07) is 5.19. The van der Waals surface area contributed by atoms with Crippen molar-refractivity contribution >= 4 is 11.9 Å². The van der Waals surface area contributed by atoms with Gasteiger partial charge in [-0.3, -0.25) is 4.79 Å². The van der Waals surface area contributed by atoms with Crippen molar-refractivity contribution in [3.63, 3.8) is 0 Å². The number of carbonyl (C=O) groups excluding carboxylic acids is 1. The molecular formula is C15H21NO5. The summed E-state index contributed by atoms with van der Waals surface area (Å²) >= 11 is 0. The predicted molar refractivity (Wildman–Crippen MR) is 77.7 cm³/mol. The van der Waals surface area contributed by atoms with Crippen LogP contribution < -0.4 is 14.8 Å². The van der Waals surface area contributed by atoms with Gasteiger partial charge in [-0.1, -0.05) is 6.92 Å². The van der Waals surface area contributed by atoms with Gasteiger partial charge >= 0.3 is 5.97 Å². The lowest BCUT2D eigenvalue weighted by atomic mass is 9.99. The highest BCUT2D eigenvalue weighted by Crippen LogP contribution is 2.22. The summed E-state index contributed by atoms with van der Waals surface area (Å²) in [7, 11) is 1.58. The lowest BCUT2D eigenvalue weighted by Crippen LogP contribution is -2.53. The Morgan fingerprint density at radius 3 is 2.52 bits per heavy atom. The van der Waals surface area contributed by atoms with Crippen molar-refractivity contribution in [1.29, 1.82) is 0 Å². The Bertz CT molecular complexity index is 529. The smallest absolute Gasteiger partial charge is 0.329 e. The van der Waals surface area contributed by atoms with Gasteiger partial charge in [0, 0.05) is 0 Å². The minimum Gasteiger partial charge on any atom is -0.496 e. The third-order valence-corrected chi connectivity index (χ3v) is 3.33. The number of aliphatic carboxylic acids is 1. The van der Waals surface area contributed by atoms with Crippen LogP contribution in [0.5, 0.6) is 11.5 Å². The number of nitrogens with one attached hydrogen (secondary N) is 1. The third-order valence-electron chi connectivity index (χ3n) is 3.33. The van der Waals surface area contributed by atoms with E-state index in [0.717, 1.165) is 11.3 Å². The highest BCUT2D eigenvalue weighted by molar-refractivity contribution is 5.87. The van der Waals surface area contributed by atoms with Gasteiger partial charge in [0.25, 0.3) is 5.91 Å². The second kappa shape index (κ2) is 6.97. The summed E-state index contributed by atoms with van der Waals surface area (Å²) in [5, 5.41) is 11.6. The van der Waals surface area contributed by atoms with Gasteiger partial charge < -0.3 is 19.9 Å². The van der Waals surface area contributed by atoms with Gasteiger partial charge in [-0.15, -0.1) is 0 Å². The van der Waals surface area contributed by atoms with Crippen molar-refractivity contribution < 1.29 is 24.2 Å². The maximum Gasteiger partial charge on any atom is 0.329 e. The first kappa shape index (κ1) is 16.8. The van der Waals surface area contributed by atoms with Crippen molar-refractivity contribution in [3.8, 4) is 11.5 Å². The molecule has 0 aliphatic rings. The van der Waals surface area contributed by atoms with Crippen molar-refractivity contribution in [2.24, 2.45) is 0 Å². The fourth-order valence-corrected chi connectivity index (χ4v) is 1.73. The molecule has 0 aromatic heterocycles. The van der Waals surface area contributed by atoms with E-state index >= 15 is 0 Å². The number of amides is 1. The van der Waals surface area contributed by atoms with Crippen LogP contribution in [0.1, 0.15) is 25.8 Å². The minimum absolute atomic E-state index is 0.241. The zero-order valence-electron chi connectivity index (χ0n) is 12.7. The zero-order chi connectivity index (χ0) is 16.0. The third kappa shape index (κ3) is 4.37. The minimum atomic E-state index is -1.28. The summed E-state index contributed by atoms with van der Waals surface area (Å²) < 4.78 is 10.5. The van der Waals surface area contributed by atoms with Crippen molar-refractivity contribution in [2.75, 3.05) is 13.7 Å². The van der Waals surface area contributed by atoms with Crippen LogP contribution in [0.2, 0.25) is 0 Å². The molecule has 6 heteroatoms. The van der Waals surface area contributed by atoms with E-state index in [0.29, 0.717) is 5.75 Å². The zero-order valence-corrected chi connectivity index (χ0v) is 12.7. The van der Waals surface area contributed by atoms with Gasteiger partial charge in [0.1, 0.15) is 17.0 Å². The number of rotatable bonds is 7. The van der Waals surface area contributed by atoms with Crippen LogP contribution in [0.3, 0.4) is 0 Å². The fourth-order valence-electron chi connectivity index (χ4n) is 1.73. The molecule has 116 valence electrons. The summed E-state index contributed by atoms with van der Waals surface area (Å²) in [5.74, 6) is -0.290. The number of methoxy groups -OCH3 is 1. The molecule has 0 aliphatic carbocycles. The molecule has 1 aromatic rings. The maximum atomic E-state index is 11.8. The summed E-state index contributed by atoms with van der Waals surface area (Å²) in [6.07, 6.45) is 0.287. The Morgan fingerprint density at radius 1 is 1.38 bits per heavy atom. The molecule has 1 amide bonds. The molecule has 21 heavy (non-hydrogen) atoms. The van der Waals surface area contributed by atoms with Crippen LogP contribution in [0.15, 0.2) is 18.2 Å². The van der Waals surface area contributed by atoms with Gasteiger partial charge in [-0.05, 0) is 44.0 Å². The van der Waals surface area contributed by atoms with Gasteiger partial charge in [-0.2, -0.15) is 0 Å². The van der Waals surface area contributed by atoms with Crippen molar-refractivity contribution in [1.82, 2.24) is 5.32 Å². The van der Waals surface area contributed by atoms with Crippen LogP contribution in [0, 0.1) is 6.92 Å². The van der Waals surface area contributed by atoms with Gasteiger partial charge in [0.05, 0.1) is 7.11 Å². The molecule has 1 unspecified atom stereocenters. The number of carboxylic acids is 1. The number of carbonyl (C=O) groups is 2. The number of benzene rings is 1. The normalized spacial score (nSPS) is 13.1. The van der Waals surface area contributed by atoms with Crippen LogP contribution in [0.25, 0.3) is 0 Å². The van der Waals surface area contributed by atoms with E-state index in [9.17, 15) is 9.59 Å². The Morgan fingerprint density at radius 2 is 2.05 bits per heavy atom. The van der Waals surface area contributed by atoms with E-state index in [4.69, 9.17) is 14.6 Å². The fraction of sp³-hybridized carbons (Fsp3) is 0.467. The van der Waals surface area contributed by atoms with Crippen LogP contribution in [-0.2, 0) is 9.59 Å².